The van der Waals surface area contributed by atoms with Crippen molar-refractivity contribution in [2.24, 2.45) is 0 Å². The van der Waals surface area contributed by atoms with Crippen molar-refractivity contribution in [2.75, 3.05) is 7.11 Å². The molecule has 2 aromatic heterocycles. The summed E-state index contributed by atoms with van der Waals surface area (Å²) < 4.78 is 35.0. The first-order valence-corrected chi connectivity index (χ1v) is 8.45. The Bertz CT molecular complexity index is 1140. The number of pyridine rings is 1. The van der Waals surface area contributed by atoms with Crippen LogP contribution in [0.3, 0.4) is 0 Å². The summed E-state index contributed by atoms with van der Waals surface area (Å²) in [6.07, 6.45) is 3.11. The van der Waals surface area contributed by atoms with Crippen LogP contribution in [-0.4, -0.2) is 28.7 Å². The second-order valence-corrected chi connectivity index (χ2v) is 5.92. The number of methoxy groups -OCH3 is 1. The van der Waals surface area contributed by atoms with Crippen LogP contribution >= 0.6 is 12.4 Å². The van der Waals surface area contributed by atoms with Gasteiger partial charge >= 0.3 is 6.61 Å². The minimum Gasteiger partial charge on any atom is -0.480 e. The van der Waals surface area contributed by atoms with Gasteiger partial charge in [-0.3, -0.25) is 4.98 Å². The van der Waals surface area contributed by atoms with E-state index in [1.807, 2.05) is 30.3 Å². The lowest BCUT2D eigenvalue weighted by Gasteiger charge is -2.12. The van der Waals surface area contributed by atoms with Gasteiger partial charge in [-0.15, -0.1) is 12.4 Å². The fourth-order valence-corrected chi connectivity index (χ4v) is 3.05. The first-order chi connectivity index (χ1) is 13.7. The monoisotopic (exact) mass is 415 g/mol. The van der Waals surface area contributed by atoms with Gasteiger partial charge in [0.2, 0.25) is 5.88 Å². The molecule has 0 aliphatic carbocycles. The molecule has 29 heavy (non-hydrogen) atoms. The van der Waals surface area contributed by atoms with E-state index < -0.39 is 6.61 Å². The highest BCUT2D eigenvalue weighted by Gasteiger charge is 2.13. The van der Waals surface area contributed by atoms with Gasteiger partial charge in [0.1, 0.15) is 12.1 Å². The van der Waals surface area contributed by atoms with Crippen molar-refractivity contribution in [1.82, 2.24) is 15.0 Å². The van der Waals surface area contributed by atoms with Gasteiger partial charge in [0.25, 0.3) is 0 Å². The van der Waals surface area contributed by atoms with Crippen molar-refractivity contribution < 1.29 is 18.3 Å². The maximum absolute atomic E-state index is 12.6. The summed E-state index contributed by atoms with van der Waals surface area (Å²) in [5, 5.41) is 0.770. The third-order valence-corrected chi connectivity index (χ3v) is 4.24. The van der Waals surface area contributed by atoms with Gasteiger partial charge in [0.15, 0.2) is 0 Å². The fourth-order valence-electron chi connectivity index (χ4n) is 3.05. The number of alkyl halides is 2. The molecule has 4 aromatic rings. The molecule has 0 bridgehead atoms. The molecule has 5 nitrogen and oxygen atoms in total. The van der Waals surface area contributed by atoms with Gasteiger partial charge in [-0.1, -0.05) is 24.3 Å². The molecule has 4 rings (SSSR count). The van der Waals surface area contributed by atoms with Crippen LogP contribution in [-0.2, 0) is 0 Å². The van der Waals surface area contributed by atoms with Crippen LogP contribution in [0.5, 0.6) is 11.6 Å². The highest BCUT2D eigenvalue weighted by molar-refractivity contribution is 5.91. The van der Waals surface area contributed by atoms with Gasteiger partial charge < -0.3 is 9.47 Å². The molecule has 0 aliphatic rings. The molecule has 0 fully saturated rings. The minimum atomic E-state index is -2.88. The molecule has 0 N–H and O–H groups in total. The van der Waals surface area contributed by atoms with E-state index in [4.69, 9.17) is 4.74 Å². The second kappa shape index (κ2) is 8.79. The standard InChI is InChI=1S/C21H15F2N3O2.ClH/c1-27-20-17-11-13(7-8-18(17)25-12-26-20)16-6-3-9-24-19(16)14-4-2-5-15(10-14)28-21(22)23;/h2-12,21H,1H3;1H. The van der Waals surface area contributed by atoms with Crippen LogP contribution < -0.4 is 9.47 Å². The summed E-state index contributed by atoms with van der Waals surface area (Å²) in [4.78, 5) is 12.9. The van der Waals surface area contributed by atoms with Gasteiger partial charge in [0.05, 0.1) is 23.7 Å². The number of hydrogen-bond acceptors (Lipinski definition) is 5. The Morgan fingerprint density at radius 3 is 2.55 bits per heavy atom. The largest absolute Gasteiger partial charge is 0.480 e. The van der Waals surface area contributed by atoms with Crippen LogP contribution in [0, 0.1) is 0 Å². The van der Waals surface area contributed by atoms with Crippen molar-refractivity contribution in [3.63, 3.8) is 0 Å². The van der Waals surface area contributed by atoms with Crippen molar-refractivity contribution >= 4 is 23.3 Å². The number of rotatable bonds is 5. The smallest absolute Gasteiger partial charge is 0.387 e. The molecule has 2 aromatic carbocycles. The van der Waals surface area contributed by atoms with E-state index in [2.05, 4.69) is 19.7 Å². The molecule has 148 valence electrons. The Kier molecular flexibility index (Phi) is 6.19. The maximum Gasteiger partial charge on any atom is 0.387 e. The van der Waals surface area contributed by atoms with Crippen LogP contribution in [0.25, 0.3) is 33.3 Å². The fraction of sp³-hybridized carbons (Fsp3) is 0.0952. The topological polar surface area (TPSA) is 57.1 Å². The van der Waals surface area contributed by atoms with Crippen molar-refractivity contribution in [1.29, 1.82) is 0 Å². The molecule has 0 spiro atoms. The molecule has 0 radical (unpaired) electrons. The van der Waals surface area contributed by atoms with Gasteiger partial charge in [-0.2, -0.15) is 8.78 Å². The number of aromatic nitrogens is 3. The van der Waals surface area contributed by atoms with E-state index in [0.717, 1.165) is 22.0 Å². The van der Waals surface area contributed by atoms with Crippen LogP contribution in [0.15, 0.2) is 67.1 Å². The van der Waals surface area contributed by atoms with E-state index >= 15 is 0 Å². The van der Waals surface area contributed by atoms with Crippen LogP contribution in [0.2, 0.25) is 0 Å². The summed E-state index contributed by atoms with van der Waals surface area (Å²) in [6.45, 7) is -2.88. The van der Waals surface area contributed by atoms with Crippen molar-refractivity contribution in [2.45, 2.75) is 6.61 Å². The summed E-state index contributed by atoms with van der Waals surface area (Å²) in [5.41, 5.74) is 3.80. The Hall–Kier alpha value is -3.32. The zero-order chi connectivity index (χ0) is 19.5. The highest BCUT2D eigenvalue weighted by atomic mass is 35.5. The Labute approximate surface area is 171 Å². The third kappa shape index (κ3) is 4.25. The van der Waals surface area contributed by atoms with E-state index in [-0.39, 0.29) is 18.2 Å². The molecule has 0 saturated carbocycles. The molecule has 0 saturated heterocycles. The second-order valence-electron chi connectivity index (χ2n) is 5.92. The zero-order valence-electron chi connectivity index (χ0n) is 15.3. The molecule has 0 unspecified atom stereocenters. The molecular weight excluding hydrogens is 400 g/mol. The van der Waals surface area contributed by atoms with E-state index in [1.54, 1.807) is 31.5 Å². The summed E-state index contributed by atoms with van der Waals surface area (Å²) in [5.74, 6) is 0.558. The summed E-state index contributed by atoms with van der Waals surface area (Å²) >= 11 is 0. The Morgan fingerprint density at radius 2 is 1.76 bits per heavy atom. The number of hydrogen-bond donors (Lipinski definition) is 0. The summed E-state index contributed by atoms with van der Waals surface area (Å²) in [6, 6.07) is 15.9. The lowest BCUT2D eigenvalue weighted by atomic mass is 9.98. The first kappa shape index (κ1) is 20.4. The first-order valence-electron chi connectivity index (χ1n) is 8.45. The normalized spacial score (nSPS) is 10.6. The van der Waals surface area contributed by atoms with Gasteiger partial charge in [-0.25, -0.2) is 9.97 Å². The third-order valence-electron chi connectivity index (χ3n) is 4.24. The highest BCUT2D eigenvalue weighted by Crippen LogP contribution is 2.34. The SMILES string of the molecule is COc1ncnc2ccc(-c3cccnc3-c3cccc(OC(F)F)c3)cc12.Cl. The number of fused-ring (bicyclic) bond motifs is 1. The Morgan fingerprint density at radius 1 is 0.897 bits per heavy atom. The molecule has 2 heterocycles. The van der Waals surface area contributed by atoms with E-state index in [0.29, 0.717) is 17.1 Å². The van der Waals surface area contributed by atoms with E-state index in [9.17, 15) is 8.78 Å². The molecular formula is C21H16ClF2N3O2. The molecule has 0 atom stereocenters. The predicted molar refractivity (Wildman–Crippen MR) is 109 cm³/mol. The minimum absolute atomic E-state index is 0. The average molecular weight is 416 g/mol. The Balaban J connectivity index is 0.00000240. The lowest BCUT2D eigenvalue weighted by Crippen LogP contribution is -2.01. The number of benzene rings is 2. The van der Waals surface area contributed by atoms with Crippen LogP contribution in [0.1, 0.15) is 0 Å². The van der Waals surface area contributed by atoms with Gasteiger partial charge in [-0.05, 0) is 35.9 Å². The number of nitrogens with zero attached hydrogens (tertiary/aromatic N) is 3. The number of halogens is 3. The van der Waals surface area contributed by atoms with Crippen molar-refractivity contribution in [3.05, 3.63) is 67.1 Å². The lowest BCUT2D eigenvalue weighted by molar-refractivity contribution is -0.0498. The van der Waals surface area contributed by atoms with Crippen molar-refractivity contribution in [3.8, 4) is 34.0 Å². The van der Waals surface area contributed by atoms with Crippen LogP contribution in [0.4, 0.5) is 8.78 Å². The number of ether oxygens (including phenoxy) is 2. The van der Waals surface area contributed by atoms with E-state index in [1.165, 1.54) is 12.4 Å². The molecule has 0 amide bonds. The summed E-state index contributed by atoms with van der Waals surface area (Å²) in [7, 11) is 1.55. The molecule has 0 aliphatic heterocycles. The maximum atomic E-state index is 12.6. The zero-order valence-corrected chi connectivity index (χ0v) is 16.1. The predicted octanol–water partition coefficient (Wildman–Crippen LogP) is 5.39. The van der Waals surface area contributed by atoms with Gasteiger partial charge in [0, 0.05) is 17.3 Å². The average Bonchev–Trinajstić information content (AvgIpc) is 2.72. The quantitative estimate of drug-likeness (QED) is 0.437. The molecule has 8 heteroatoms.